The van der Waals surface area contributed by atoms with E-state index in [0.717, 1.165) is 29.3 Å². The summed E-state index contributed by atoms with van der Waals surface area (Å²) in [6.07, 6.45) is 1.92. The van der Waals surface area contributed by atoms with Crippen LogP contribution in [0, 0.1) is 13.2 Å². The third kappa shape index (κ3) is 4.12. The maximum absolute atomic E-state index is 12.8. The van der Waals surface area contributed by atoms with Crippen LogP contribution < -0.4 is 5.46 Å². The number of ketones is 1. The number of rotatable bonds is 3. The first-order valence-corrected chi connectivity index (χ1v) is 6.72. The van der Waals surface area contributed by atoms with Gasteiger partial charge in [-0.15, -0.1) is 0 Å². The summed E-state index contributed by atoms with van der Waals surface area (Å²) >= 11 is 0. The first-order valence-electron chi connectivity index (χ1n) is 6.72. The zero-order valence-corrected chi connectivity index (χ0v) is 15.4. The van der Waals surface area contributed by atoms with E-state index < -0.39 is 6.92 Å². The molecule has 1 radical (unpaired) electrons. The van der Waals surface area contributed by atoms with E-state index in [1.165, 1.54) is 24.3 Å². The van der Waals surface area contributed by atoms with Crippen molar-refractivity contribution in [2.24, 2.45) is 0 Å². The molecule has 0 saturated carbocycles. The van der Waals surface area contributed by atoms with Crippen LogP contribution in [0.15, 0.2) is 42.5 Å². The van der Waals surface area contributed by atoms with Gasteiger partial charge in [0.15, 0.2) is 5.78 Å². The van der Waals surface area contributed by atoms with Crippen molar-refractivity contribution in [2.45, 2.75) is 19.2 Å². The summed E-state index contributed by atoms with van der Waals surface area (Å²) in [5, 5.41) is 9.86. The van der Waals surface area contributed by atoms with Gasteiger partial charge in [-0.05, 0) is 48.0 Å². The van der Waals surface area contributed by atoms with Crippen molar-refractivity contribution in [1.29, 1.82) is 0 Å². The van der Waals surface area contributed by atoms with Gasteiger partial charge >= 0.3 is 6.92 Å². The van der Waals surface area contributed by atoms with E-state index in [1.807, 2.05) is 18.2 Å². The summed E-state index contributed by atoms with van der Waals surface area (Å²) in [6, 6.07) is 11.4. The Hall–Kier alpha value is -0.831. The smallest absolute Gasteiger partial charge is 0.324 e. The van der Waals surface area contributed by atoms with E-state index in [4.69, 9.17) is 0 Å². The second kappa shape index (κ2) is 8.14. The minimum absolute atomic E-state index is 0. The standard InChI is InChI=1S/C16H14BFO2.CH3.Y/c18-14-5-3-13(4-6-14)16(19)10-11-1-2-12-7-8-17(20)15(12)9-11;;/h1-6,9,20H,7-8,10H2;1H3;/q;-1;. The molecule has 2 nitrogen and oxygen atoms in total. The molecule has 0 fully saturated rings. The van der Waals surface area contributed by atoms with Gasteiger partial charge in [0.1, 0.15) is 5.82 Å². The molecule has 1 aliphatic rings. The fourth-order valence-electron chi connectivity index (χ4n) is 2.66. The first kappa shape index (κ1) is 19.2. The molecule has 0 bridgehead atoms. The predicted octanol–water partition coefficient (Wildman–Crippen LogP) is 2.45. The van der Waals surface area contributed by atoms with Crippen LogP contribution in [0.4, 0.5) is 4.39 Å². The molecule has 0 unspecified atom stereocenters. The Bertz CT molecular complexity index is 658. The third-order valence-electron chi connectivity index (χ3n) is 3.79. The molecular weight excluding hydrogens is 355 g/mol. The number of fused-ring (bicyclic) bond motifs is 1. The van der Waals surface area contributed by atoms with E-state index in [2.05, 4.69) is 0 Å². The normalized spacial score (nSPS) is 12.2. The second-order valence-electron chi connectivity index (χ2n) is 5.19. The molecule has 5 heteroatoms. The predicted molar refractivity (Wildman–Crippen MR) is 83.4 cm³/mol. The van der Waals surface area contributed by atoms with Crippen LogP contribution in [0.5, 0.6) is 0 Å². The van der Waals surface area contributed by atoms with Crippen molar-refractivity contribution in [1.82, 2.24) is 0 Å². The molecule has 1 N–H and O–H groups in total. The maximum Gasteiger partial charge on any atom is 0.324 e. The second-order valence-corrected chi connectivity index (χ2v) is 5.19. The minimum Gasteiger partial charge on any atom is -0.446 e. The Morgan fingerprint density at radius 1 is 1.18 bits per heavy atom. The molecule has 1 aliphatic heterocycles. The molecule has 0 aromatic heterocycles. The number of carbonyl (C=O) groups excluding carboxylic acids is 1. The quantitative estimate of drug-likeness (QED) is 0.511. The van der Waals surface area contributed by atoms with Crippen molar-refractivity contribution in [3.63, 3.8) is 0 Å². The van der Waals surface area contributed by atoms with Gasteiger partial charge in [0.2, 0.25) is 0 Å². The molecule has 0 atom stereocenters. The van der Waals surface area contributed by atoms with Gasteiger partial charge in [-0.3, -0.25) is 4.79 Å². The van der Waals surface area contributed by atoms with Gasteiger partial charge in [0.25, 0.3) is 0 Å². The van der Waals surface area contributed by atoms with Gasteiger partial charge < -0.3 is 12.5 Å². The summed E-state index contributed by atoms with van der Waals surface area (Å²) in [5.74, 6) is -0.389. The summed E-state index contributed by atoms with van der Waals surface area (Å²) in [4.78, 5) is 12.1. The Kier molecular flexibility index (Phi) is 7.11. The van der Waals surface area contributed by atoms with E-state index in [1.54, 1.807) is 0 Å². The van der Waals surface area contributed by atoms with Gasteiger partial charge in [0, 0.05) is 44.7 Å². The van der Waals surface area contributed by atoms with Crippen LogP contribution in [0.1, 0.15) is 21.5 Å². The van der Waals surface area contributed by atoms with Crippen molar-refractivity contribution >= 4 is 18.2 Å². The summed E-state index contributed by atoms with van der Waals surface area (Å²) in [5.41, 5.74) is 3.50. The van der Waals surface area contributed by atoms with E-state index >= 15 is 0 Å². The van der Waals surface area contributed by atoms with Gasteiger partial charge in [-0.25, -0.2) is 4.39 Å². The van der Waals surface area contributed by atoms with Gasteiger partial charge in [-0.2, -0.15) is 0 Å². The van der Waals surface area contributed by atoms with E-state index in [9.17, 15) is 14.2 Å². The first-order chi connectivity index (χ1) is 9.63. The molecular formula is C17H17BFO2Y-. The Morgan fingerprint density at radius 3 is 2.55 bits per heavy atom. The van der Waals surface area contributed by atoms with Crippen molar-refractivity contribution in [3.8, 4) is 0 Å². The third-order valence-corrected chi connectivity index (χ3v) is 3.79. The fraction of sp³-hybridized carbons (Fsp3) is 0.176. The maximum atomic E-state index is 12.8. The minimum atomic E-state index is -0.411. The summed E-state index contributed by atoms with van der Waals surface area (Å²) < 4.78 is 12.8. The average Bonchev–Trinajstić information content (AvgIpc) is 2.81. The van der Waals surface area contributed by atoms with Crippen LogP contribution in [-0.2, 0) is 45.6 Å². The van der Waals surface area contributed by atoms with Crippen molar-refractivity contribution in [2.75, 3.05) is 0 Å². The molecule has 2 aromatic carbocycles. The molecule has 22 heavy (non-hydrogen) atoms. The number of carbonyl (C=O) groups is 1. The molecule has 0 amide bonds. The molecule has 0 saturated heterocycles. The number of hydrogen-bond acceptors (Lipinski definition) is 2. The fourth-order valence-corrected chi connectivity index (χ4v) is 2.66. The molecule has 0 spiro atoms. The SMILES string of the molecule is O=C(Cc1ccc2c(c1)B(O)CC2)c1ccc(F)cc1.[CH3-].[Y]. The average molecular weight is 372 g/mol. The van der Waals surface area contributed by atoms with E-state index in [-0.39, 0.29) is 58.2 Å². The van der Waals surface area contributed by atoms with Crippen LogP contribution in [0.3, 0.4) is 0 Å². The zero-order chi connectivity index (χ0) is 14.1. The summed E-state index contributed by atoms with van der Waals surface area (Å²) in [6.45, 7) is -0.411. The molecule has 0 aliphatic carbocycles. The van der Waals surface area contributed by atoms with Crippen LogP contribution in [-0.4, -0.2) is 17.7 Å². The number of aryl methyl sites for hydroxylation is 1. The molecule has 111 valence electrons. The zero-order valence-electron chi connectivity index (χ0n) is 12.6. The van der Waals surface area contributed by atoms with Crippen LogP contribution >= 0.6 is 0 Å². The number of benzene rings is 2. The van der Waals surface area contributed by atoms with Gasteiger partial charge in [-0.1, -0.05) is 23.8 Å². The molecule has 2 aromatic rings. The number of hydrogen-bond donors (Lipinski definition) is 1. The molecule has 1 heterocycles. The number of halogens is 1. The van der Waals surface area contributed by atoms with Crippen LogP contribution in [0.2, 0.25) is 6.32 Å². The summed E-state index contributed by atoms with van der Waals surface area (Å²) in [7, 11) is 0. The Morgan fingerprint density at radius 2 is 1.86 bits per heavy atom. The van der Waals surface area contributed by atoms with Crippen LogP contribution in [0.25, 0.3) is 0 Å². The largest absolute Gasteiger partial charge is 0.446 e. The van der Waals surface area contributed by atoms with E-state index in [0.29, 0.717) is 5.56 Å². The van der Waals surface area contributed by atoms with Gasteiger partial charge in [0.05, 0.1) is 0 Å². The monoisotopic (exact) mass is 372 g/mol. The molecule has 3 rings (SSSR count). The Labute approximate surface area is 156 Å². The topological polar surface area (TPSA) is 37.3 Å². The van der Waals surface area contributed by atoms with Crippen molar-refractivity contribution < 1.29 is 46.9 Å². The number of Topliss-reactive ketones (excluding diaryl/α,β-unsaturated/α-hetero) is 1. The van der Waals surface area contributed by atoms with Crippen molar-refractivity contribution in [3.05, 3.63) is 72.4 Å². The Balaban J connectivity index is 0.00000121.